The molecule has 1 amide bonds. The predicted molar refractivity (Wildman–Crippen MR) is 82.3 cm³/mol. The molecule has 0 fully saturated rings. The van der Waals surface area contributed by atoms with Crippen molar-refractivity contribution in [2.45, 2.75) is 13.8 Å². The Kier molecular flexibility index (Phi) is 4.58. The highest BCUT2D eigenvalue weighted by Crippen LogP contribution is 2.15. The van der Waals surface area contributed by atoms with Crippen LogP contribution in [0.25, 0.3) is 0 Å². The minimum atomic E-state index is -0.153. The van der Waals surface area contributed by atoms with E-state index >= 15 is 0 Å². The smallest absolute Gasteiger partial charge is 0.244 e. The number of halogens is 1. The second-order valence-electron chi connectivity index (χ2n) is 4.58. The van der Waals surface area contributed by atoms with Crippen molar-refractivity contribution in [1.82, 2.24) is 4.98 Å². The molecule has 1 aromatic carbocycles. The monoisotopic (exact) mass is 289 g/mol. The van der Waals surface area contributed by atoms with Crippen molar-refractivity contribution in [3.05, 3.63) is 52.7 Å². The molecule has 0 unspecified atom stereocenters. The Morgan fingerprint density at radius 2 is 2.05 bits per heavy atom. The fourth-order valence-corrected chi connectivity index (χ4v) is 1.94. The molecule has 0 saturated carbocycles. The normalized spacial score (nSPS) is 10.2. The van der Waals surface area contributed by atoms with Crippen LogP contribution in [0.2, 0.25) is 5.02 Å². The van der Waals surface area contributed by atoms with Gasteiger partial charge in [0, 0.05) is 11.9 Å². The van der Waals surface area contributed by atoms with Crippen molar-refractivity contribution in [1.29, 1.82) is 0 Å². The van der Waals surface area contributed by atoms with Crippen LogP contribution in [-0.4, -0.2) is 17.4 Å². The topological polar surface area (TPSA) is 54.0 Å². The van der Waals surface area contributed by atoms with E-state index in [1.54, 1.807) is 12.1 Å². The third kappa shape index (κ3) is 3.96. The molecule has 2 rings (SSSR count). The molecular weight excluding hydrogens is 274 g/mol. The highest BCUT2D eigenvalue weighted by molar-refractivity contribution is 6.30. The van der Waals surface area contributed by atoms with Gasteiger partial charge in [-0.25, -0.2) is 4.98 Å². The fraction of sp³-hybridized carbons (Fsp3) is 0.200. The number of rotatable bonds is 4. The van der Waals surface area contributed by atoms with E-state index in [9.17, 15) is 4.79 Å². The maximum Gasteiger partial charge on any atom is 0.244 e. The minimum absolute atomic E-state index is 0.153. The summed E-state index contributed by atoms with van der Waals surface area (Å²) in [4.78, 5) is 15.8. The van der Waals surface area contributed by atoms with Crippen LogP contribution < -0.4 is 10.6 Å². The summed E-state index contributed by atoms with van der Waals surface area (Å²) in [5.74, 6) is 0.335. The molecule has 2 N–H and O–H groups in total. The first-order valence-electron chi connectivity index (χ1n) is 6.27. The van der Waals surface area contributed by atoms with Crippen LogP contribution in [0.3, 0.4) is 0 Å². The van der Waals surface area contributed by atoms with Gasteiger partial charge in [0.2, 0.25) is 5.91 Å². The Morgan fingerprint density at radius 3 is 2.70 bits per heavy atom. The van der Waals surface area contributed by atoms with Crippen molar-refractivity contribution in [2.24, 2.45) is 0 Å². The highest BCUT2D eigenvalue weighted by atomic mass is 35.5. The maximum absolute atomic E-state index is 11.8. The standard InChI is InChI=1S/C15H16ClN3O/c1-10-3-5-13(11(2)7-10)17-9-15(20)19-14-6-4-12(16)8-18-14/h3-8,17H,9H2,1-2H3,(H,18,19,20). The molecule has 104 valence electrons. The first-order valence-corrected chi connectivity index (χ1v) is 6.65. The molecule has 20 heavy (non-hydrogen) atoms. The number of amides is 1. The van der Waals surface area contributed by atoms with Crippen molar-refractivity contribution < 1.29 is 4.79 Å². The van der Waals surface area contributed by atoms with Crippen LogP contribution in [0.15, 0.2) is 36.5 Å². The number of nitrogens with zero attached hydrogens (tertiary/aromatic N) is 1. The maximum atomic E-state index is 11.8. The van der Waals surface area contributed by atoms with Crippen molar-refractivity contribution in [2.75, 3.05) is 17.2 Å². The zero-order valence-electron chi connectivity index (χ0n) is 11.4. The van der Waals surface area contributed by atoms with Gasteiger partial charge in [0.05, 0.1) is 11.6 Å². The Balaban J connectivity index is 1.90. The van der Waals surface area contributed by atoms with E-state index in [4.69, 9.17) is 11.6 Å². The lowest BCUT2D eigenvalue weighted by molar-refractivity contribution is -0.114. The number of hydrogen-bond donors (Lipinski definition) is 2. The number of hydrogen-bond acceptors (Lipinski definition) is 3. The Hall–Kier alpha value is -2.07. The number of carbonyl (C=O) groups is 1. The SMILES string of the molecule is Cc1ccc(NCC(=O)Nc2ccc(Cl)cn2)c(C)c1. The highest BCUT2D eigenvalue weighted by Gasteiger charge is 2.04. The van der Waals surface area contributed by atoms with Gasteiger partial charge in [-0.1, -0.05) is 29.3 Å². The third-order valence-corrected chi connectivity index (χ3v) is 3.04. The molecule has 4 nitrogen and oxygen atoms in total. The molecule has 1 aromatic heterocycles. The number of aromatic nitrogens is 1. The first-order chi connectivity index (χ1) is 9.54. The number of pyridine rings is 1. The second kappa shape index (κ2) is 6.39. The van der Waals surface area contributed by atoms with E-state index in [1.807, 2.05) is 26.0 Å². The Labute approximate surface area is 123 Å². The number of benzene rings is 1. The van der Waals surface area contributed by atoms with E-state index < -0.39 is 0 Å². The van der Waals surface area contributed by atoms with E-state index in [0.717, 1.165) is 11.3 Å². The zero-order valence-corrected chi connectivity index (χ0v) is 12.2. The van der Waals surface area contributed by atoms with Gasteiger partial charge in [-0.15, -0.1) is 0 Å². The quantitative estimate of drug-likeness (QED) is 0.907. The van der Waals surface area contributed by atoms with Crippen molar-refractivity contribution in [3.8, 4) is 0 Å². The molecule has 0 aliphatic heterocycles. The van der Waals surface area contributed by atoms with Gasteiger partial charge in [-0.3, -0.25) is 4.79 Å². The molecule has 5 heteroatoms. The van der Waals surface area contributed by atoms with E-state index in [1.165, 1.54) is 11.8 Å². The van der Waals surface area contributed by atoms with Gasteiger partial charge < -0.3 is 10.6 Å². The van der Waals surface area contributed by atoms with Crippen molar-refractivity contribution in [3.63, 3.8) is 0 Å². The van der Waals surface area contributed by atoms with Crippen molar-refractivity contribution >= 4 is 29.0 Å². The van der Waals surface area contributed by atoms with Gasteiger partial charge in [0.15, 0.2) is 0 Å². The van der Waals surface area contributed by atoms with Gasteiger partial charge >= 0.3 is 0 Å². The Morgan fingerprint density at radius 1 is 1.25 bits per heavy atom. The lowest BCUT2D eigenvalue weighted by Crippen LogP contribution is -2.22. The number of anilines is 2. The molecule has 1 heterocycles. The third-order valence-electron chi connectivity index (χ3n) is 2.82. The summed E-state index contributed by atoms with van der Waals surface area (Å²) in [5, 5.41) is 6.34. The Bertz CT molecular complexity index is 611. The summed E-state index contributed by atoms with van der Waals surface area (Å²) in [5.41, 5.74) is 3.26. The van der Waals surface area contributed by atoms with Gasteiger partial charge in [0.1, 0.15) is 5.82 Å². The summed E-state index contributed by atoms with van der Waals surface area (Å²) in [6, 6.07) is 9.40. The molecule has 2 aromatic rings. The van der Waals surface area contributed by atoms with Crippen LogP contribution in [0.1, 0.15) is 11.1 Å². The average Bonchev–Trinajstić information content (AvgIpc) is 2.40. The van der Waals surface area contributed by atoms with Crippen LogP contribution in [0, 0.1) is 13.8 Å². The van der Waals surface area contributed by atoms with Gasteiger partial charge in [-0.05, 0) is 37.6 Å². The summed E-state index contributed by atoms with van der Waals surface area (Å²) < 4.78 is 0. The fourth-order valence-electron chi connectivity index (χ4n) is 1.82. The molecule has 0 atom stereocenters. The summed E-state index contributed by atoms with van der Waals surface area (Å²) in [6.45, 7) is 4.23. The average molecular weight is 290 g/mol. The van der Waals surface area contributed by atoms with E-state index in [-0.39, 0.29) is 12.5 Å². The van der Waals surface area contributed by atoms with Crippen LogP contribution in [-0.2, 0) is 4.79 Å². The molecular formula is C15H16ClN3O. The lowest BCUT2D eigenvalue weighted by Gasteiger charge is -2.10. The minimum Gasteiger partial charge on any atom is -0.376 e. The molecule has 0 bridgehead atoms. The molecule has 0 saturated heterocycles. The summed E-state index contributed by atoms with van der Waals surface area (Å²) >= 11 is 5.73. The summed E-state index contributed by atoms with van der Waals surface area (Å²) in [7, 11) is 0. The molecule has 0 aliphatic carbocycles. The van der Waals surface area contributed by atoms with Crippen LogP contribution in [0.4, 0.5) is 11.5 Å². The predicted octanol–water partition coefficient (Wildman–Crippen LogP) is 3.40. The number of aryl methyl sites for hydroxylation is 2. The number of carbonyl (C=O) groups excluding carboxylic acids is 1. The molecule has 0 spiro atoms. The van der Waals surface area contributed by atoms with E-state index in [2.05, 4.69) is 21.7 Å². The van der Waals surface area contributed by atoms with E-state index in [0.29, 0.717) is 10.8 Å². The number of nitrogens with one attached hydrogen (secondary N) is 2. The lowest BCUT2D eigenvalue weighted by atomic mass is 10.1. The van der Waals surface area contributed by atoms with Crippen LogP contribution in [0.5, 0.6) is 0 Å². The van der Waals surface area contributed by atoms with Gasteiger partial charge in [-0.2, -0.15) is 0 Å². The summed E-state index contributed by atoms with van der Waals surface area (Å²) in [6.07, 6.45) is 1.49. The molecule has 0 aliphatic rings. The largest absolute Gasteiger partial charge is 0.376 e. The zero-order chi connectivity index (χ0) is 14.5. The van der Waals surface area contributed by atoms with Crippen LogP contribution >= 0.6 is 11.6 Å². The second-order valence-corrected chi connectivity index (χ2v) is 5.02. The molecule has 0 radical (unpaired) electrons. The van der Waals surface area contributed by atoms with Gasteiger partial charge in [0.25, 0.3) is 0 Å². The first kappa shape index (κ1) is 14.3.